The summed E-state index contributed by atoms with van der Waals surface area (Å²) in [4.78, 5) is 11.9. The first-order valence-corrected chi connectivity index (χ1v) is 8.59. The number of carbonyl (C=O) groups excluding carboxylic acids is 1. The Morgan fingerprint density at radius 1 is 1.11 bits per heavy atom. The number of alkyl halides is 3. The molecular formula is C22H18F3NO2. The number of aromatic hydroxyl groups is 1. The number of phenolic OH excluding ortho intramolecular Hbond substituents is 1. The van der Waals surface area contributed by atoms with Crippen LogP contribution in [0.5, 0.6) is 5.75 Å². The molecule has 0 aromatic heterocycles. The number of nitrogens with zero attached hydrogens (tertiary/aromatic N) is 1. The van der Waals surface area contributed by atoms with Crippen molar-refractivity contribution in [3.05, 3.63) is 64.2 Å². The quantitative estimate of drug-likeness (QED) is 0.766. The van der Waals surface area contributed by atoms with Crippen molar-refractivity contribution in [2.75, 3.05) is 0 Å². The molecule has 3 nitrogen and oxygen atoms in total. The summed E-state index contributed by atoms with van der Waals surface area (Å²) in [6.45, 7) is 3.58. The lowest BCUT2D eigenvalue weighted by Crippen LogP contribution is -2.08. The van der Waals surface area contributed by atoms with Gasteiger partial charge in [-0.25, -0.2) is 0 Å². The molecule has 0 unspecified atom stereocenters. The number of aryl methyl sites for hydroxylation is 1. The van der Waals surface area contributed by atoms with Crippen molar-refractivity contribution in [2.24, 2.45) is 5.92 Å². The van der Waals surface area contributed by atoms with Crippen LogP contribution < -0.4 is 0 Å². The molecule has 0 atom stereocenters. The molecule has 2 aromatic carbocycles. The highest BCUT2D eigenvalue weighted by molar-refractivity contribution is 5.80. The first kappa shape index (κ1) is 21.1. The number of ketones is 1. The highest BCUT2D eigenvalue weighted by Gasteiger charge is 2.33. The Kier molecular flexibility index (Phi) is 6.49. The van der Waals surface area contributed by atoms with Crippen LogP contribution in [0.3, 0.4) is 0 Å². The van der Waals surface area contributed by atoms with Crippen LogP contribution in [0.2, 0.25) is 0 Å². The summed E-state index contributed by atoms with van der Waals surface area (Å²) in [5.74, 6) is 4.65. The smallest absolute Gasteiger partial charge is 0.417 e. The fourth-order valence-electron chi connectivity index (χ4n) is 2.55. The van der Waals surface area contributed by atoms with Crippen LogP contribution in [0.15, 0.2) is 36.4 Å². The molecule has 0 heterocycles. The molecule has 0 aliphatic rings. The van der Waals surface area contributed by atoms with Gasteiger partial charge in [-0.05, 0) is 48.4 Å². The number of rotatable bonds is 4. The Labute approximate surface area is 161 Å². The van der Waals surface area contributed by atoms with Gasteiger partial charge in [0.1, 0.15) is 11.5 Å². The van der Waals surface area contributed by atoms with E-state index >= 15 is 0 Å². The molecule has 0 amide bonds. The Balaban J connectivity index is 2.43. The molecule has 2 aromatic rings. The molecular weight excluding hydrogens is 367 g/mol. The average Bonchev–Trinajstić information content (AvgIpc) is 2.64. The third-order valence-corrected chi connectivity index (χ3v) is 4.16. The minimum atomic E-state index is -4.65. The van der Waals surface area contributed by atoms with Crippen molar-refractivity contribution in [3.8, 4) is 23.7 Å². The Morgan fingerprint density at radius 3 is 2.36 bits per heavy atom. The number of hydrogen-bond donors (Lipinski definition) is 1. The highest BCUT2D eigenvalue weighted by atomic mass is 19.4. The summed E-state index contributed by atoms with van der Waals surface area (Å²) >= 11 is 0. The van der Waals surface area contributed by atoms with E-state index in [0.29, 0.717) is 29.2 Å². The average molecular weight is 385 g/mol. The van der Waals surface area contributed by atoms with E-state index in [1.165, 1.54) is 6.07 Å². The van der Waals surface area contributed by atoms with Gasteiger partial charge in [0, 0.05) is 23.5 Å². The molecule has 0 radical (unpaired) electrons. The molecule has 0 aliphatic carbocycles. The van der Waals surface area contributed by atoms with Gasteiger partial charge in [0.25, 0.3) is 0 Å². The second-order valence-electron chi connectivity index (χ2n) is 6.58. The van der Waals surface area contributed by atoms with Gasteiger partial charge in [-0.1, -0.05) is 25.7 Å². The predicted molar refractivity (Wildman–Crippen MR) is 98.4 cm³/mol. The number of halogens is 3. The fraction of sp³-hybridized carbons (Fsp3) is 0.273. The molecule has 28 heavy (non-hydrogen) atoms. The Hall–Kier alpha value is -3.25. The van der Waals surface area contributed by atoms with E-state index in [4.69, 9.17) is 5.26 Å². The maximum atomic E-state index is 13.2. The minimum Gasteiger partial charge on any atom is -0.508 e. The molecule has 0 saturated heterocycles. The highest BCUT2D eigenvalue weighted by Crippen LogP contribution is 2.33. The van der Waals surface area contributed by atoms with Gasteiger partial charge in [-0.3, -0.25) is 4.79 Å². The van der Waals surface area contributed by atoms with Gasteiger partial charge in [0.05, 0.1) is 17.2 Å². The standard InChI is InChI=1S/C22H18F3NO2/c1-14(2)21(28)10-8-18-11-15(13-26)3-4-16(18)5-6-17-7-9-19(27)12-20(17)22(23,24)25/h3-4,7,9,11-12,14,27H,8,10H2,1-2H3. The van der Waals surface area contributed by atoms with Gasteiger partial charge in [-0.15, -0.1) is 0 Å². The van der Waals surface area contributed by atoms with Gasteiger partial charge < -0.3 is 5.11 Å². The summed E-state index contributed by atoms with van der Waals surface area (Å²) in [6.07, 6.45) is -4.05. The lowest BCUT2D eigenvalue weighted by molar-refractivity contribution is -0.137. The van der Waals surface area contributed by atoms with Crippen LogP contribution in [0, 0.1) is 29.1 Å². The maximum absolute atomic E-state index is 13.2. The van der Waals surface area contributed by atoms with Crippen molar-refractivity contribution in [1.82, 2.24) is 0 Å². The number of hydrogen-bond acceptors (Lipinski definition) is 3. The zero-order chi connectivity index (χ0) is 20.9. The third kappa shape index (κ3) is 5.37. The summed E-state index contributed by atoms with van der Waals surface area (Å²) in [6, 6.07) is 9.57. The second kappa shape index (κ2) is 8.63. The second-order valence-corrected chi connectivity index (χ2v) is 6.58. The van der Waals surface area contributed by atoms with Gasteiger partial charge >= 0.3 is 6.18 Å². The van der Waals surface area contributed by atoms with Gasteiger partial charge in [-0.2, -0.15) is 18.4 Å². The molecule has 0 saturated carbocycles. The van der Waals surface area contributed by atoms with Crippen LogP contribution >= 0.6 is 0 Å². The summed E-state index contributed by atoms with van der Waals surface area (Å²) in [5.41, 5.74) is 0.187. The van der Waals surface area contributed by atoms with Crippen molar-refractivity contribution < 1.29 is 23.1 Å². The molecule has 0 spiro atoms. The minimum absolute atomic E-state index is 0.0548. The first-order valence-electron chi connectivity index (χ1n) is 8.59. The monoisotopic (exact) mass is 385 g/mol. The van der Waals surface area contributed by atoms with Gasteiger partial charge in [0.2, 0.25) is 0 Å². The summed E-state index contributed by atoms with van der Waals surface area (Å²) in [7, 11) is 0. The van der Waals surface area contributed by atoms with Crippen LogP contribution in [0.1, 0.15) is 48.1 Å². The van der Waals surface area contributed by atoms with E-state index in [9.17, 15) is 23.1 Å². The Bertz CT molecular complexity index is 990. The van der Waals surface area contributed by atoms with E-state index in [2.05, 4.69) is 11.8 Å². The van der Waals surface area contributed by atoms with Crippen LogP contribution in [-0.2, 0) is 17.4 Å². The summed E-state index contributed by atoms with van der Waals surface area (Å²) in [5, 5.41) is 18.4. The summed E-state index contributed by atoms with van der Waals surface area (Å²) < 4.78 is 39.5. The first-order chi connectivity index (χ1) is 13.1. The van der Waals surface area contributed by atoms with E-state index in [-0.39, 0.29) is 23.7 Å². The van der Waals surface area contributed by atoms with E-state index < -0.39 is 17.5 Å². The van der Waals surface area contributed by atoms with E-state index in [1.54, 1.807) is 26.0 Å². The Morgan fingerprint density at radius 2 is 1.75 bits per heavy atom. The zero-order valence-electron chi connectivity index (χ0n) is 15.4. The van der Waals surface area contributed by atoms with Gasteiger partial charge in [0.15, 0.2) is 0 Å². The molecule has 6 heteroatoms. The molecule has 0 bridgehead atoms. The number of Topliss-reactive ketones (excluding diaryl/α,β-unsaturated/α-hetero) is 1. The van der Waals surface area contributed by atoms with Crippen molar-refractivity contribution in [2.45, 2.75) is 32.9 Å². The molecule has 1 N–H and O–H groups in total. The van der Waals surface area contributed by atoms with Crippen molar-refractivity contribution in [1.29, 1.82) is 5.26 Å². The zero-order valence-corrected chi connectivity index (χ0v) is 15.4. The van der Waals surface area contributed by atoms with Crippen molar-refractivity contribution >= 4 is 5.78 Å². The predicted octanol–water partition coefficient (Wildman–Crippen LogP) is 4.84. The molecule has 144 valence electrons. The lowest BCUT2D eigenvalue weighted by Gasteiger charge is -2.09. The molecule has 0 fully saturated rings. The van der Waals surface area contributed by atoms with E-state index in [0.717, 1.165) is 12.1 Å². The number of carbonyl (C=O) groups is 1. The van der Waals surface area contributed by atoms with E-state index in [1.807, 2.05) is 6.07 Å². The van der Waals surface area contributed by atoms with Crippen LogP contribution in [0.4, 0.5) is 13.2 Å². The normalized spacial score (nSPS) is 10.9. The lowest BCUT2D eigenvalue weighted by atomic mass is 9.96. The third-order valence-electron chi connectivity index (χ3n) is 4.16. The molecule has 0 aliphatic heterocycles. The molecule has 2 rings (SSSR count). The fourth-order valence-corrected chi connectivity index (χ4v) is 2.55. The number of benzene rings is 2. The number of nitriles is 1. The largest absolute Gasteiger partial charge is 0.508 e. The van der Waals surface area contributed by atoms with Crippen LogP contribution in [-0.4, -0.2) is 10.9 Å². The maximum Gasteiger partial charge on any atom is 0.417 e. The van der Waals surface area contributed by atoms with Crippen LogP contribution in [0.25, 0.3) is 0 Å². The van der Waals surface area contributed by atoms with Crippen molar-refractivity contribution in [3.63, 3.8) is 0 Å². The number of phenols is 1. The SMILES string of the molecule is CC(C)C(=O)CCc1cc(C#N)ccc1C#Cc1ccc(O)cc1C(F)(F)F. The topological polar surface area (TPSA) is 61.1 Å².